The predicted molar refractivity (Wildman–Crippen MR) is 96.4 cm³/mol. The van der Waals surface area contributed by atoms with Crippen LogP contribution in [0.4, 0.5) is 5.82 Å². The molecule has 0 bridgehead atoms. The maximum atomic E-state index is 9.57. The largest absolute Gasteiger partial charge is 0.383 e. The van der Waals surface area contributed by atoms with Crippen molar-refractivity contribution in [3.63, 3.8) is 0 Å². The van der Waals surface area contributed by atoms with E-state index in [4.69, 9.17) is 5.73 Å². The van der Waals surface area contributed by atoms with Crippen LogP contribution in [0.2, 0.25) is 0 Å². The van der Waals surface area contributed by atoms with E-state index in [-0.39, 0.29) is 0 Å². The lowest BCUT2D eigenvalue weighted by Crippen LogP contribution is -2.39. The van der Waals surface area contributed by atoms with Crippen LogP contribution in [0.25, 0.3) is 0 Å². The number of nitrogens with two attached hydrogens (primary N) is 1. The molecule has 1 aromatic heterocycles. The van der Waals surface area contributed by atoms with E-state index in [1.807, 2.05) is 11.8 Å². The fourth-order valence-electron chi connectivity index (χ4n) is 3.98. The number of hydrogen-bond acceptors (Lipinski definition) is 5. The summed E-state index contributed by atoms with van der Waals surface area (Å²) in [6.45, 7) is 4.23. The minimum Gasteiger partial charge on any atom is -0.383 e. The molecule has 2 aliphatic rings. The summed E-state index contributed by atoms with van der Waals surface area (Å²) in [6.07, 6.45) is 9.33. The highest BCUT2D eigenvalue weighted by Gasteiger charge is 2.29. The Hall–Kier alpha value is -1.25. The van der Waals surface area contributed by atoms with E-state index in [1.54, 1.807) is 0 Å². The first-order chi connectivity index (χ1) is 11.1. The molecule has 2 heterocycles. The smallest absolute Gasteiger partial charge is 0.141 e. The van der Waals surface area contributed by atoms with E-state index in [2.05, 4.69) is 29.1 Å². The van der Waals surface area contributed by atoms with Crippen LogP contribution in [-0.4, -0.2) is 34.0 Å². The molecule has 0 spiro atoms. The Labute approximate surface area is 143 Å². The van der Waals surface area contributed by atoms with Gasteiger partial charge in [0, 0.05) is 36.5 Å². The van der Waals surface area contributed by atoms with Crippen LogP contribution in [-0.2, 0) is 19.4 Å². The Morgan fingerprint density at radius 2 is 2.17 bits per heavy atom. The van der Waals surface area contributed by atoms with Crippen LogP contribution >= 0.6 is 11.8 Å². The van der Waals surface area contributed by atoms with E-state index in [0.717, 1.165) is 43.2 Å². The Morgan fingerprint density at radius 3 is 2.83 bits per heavy atom. The van der Waals surface area contributed by atoms with Crippen molar-refractivity contribution in [1.29, 1.82) is 5.26 Å². The zero-order valence-electron chi connectivity index (χ0n) is 14.1. The van der Waals surface area contributed by atoms with Gasteiger partial charge in [0.2, 0.25) is 0 Å². The van der Waals surface area contributed by atoms with E-state index >= 15 is 0 Å². The first-order valence-corrected chi connectivity index (χ1v) is 9.89. The summed E-state index contributed by atoms with van der Waals surface area (Å²) >= 11 is 1.84. The van der Waals surface area contributed by atoms with Crippen molar-refractivity contribution in [2.45, 2.75) is 63.3 Å². The molecule has 4 nitrogen and oxygen atoms in total. The van der Waals surface area contributed by atoms with Gasteiger partial charge in [0.15, 0.2) is 0 Å². The lowest BCUT2D eigenvalue weighted by atomic mass is 9.92. The van der Waals surface area contributed by atoms with Crippen molar-refractivity contribution in [2.24, 2.45) is 0 Å². The van der Waals surface area contributed by atoms with Crippen molar-refractivity contribution in [2.75, 3.05) is 18.5 Å². The van der Waals surface area contributed by atoms with E-state index in [0.29, 0.717) is 16.6 Å². The average molecular weight is 331 g/mol. The zero-order chi connectivity index (χ0) is 16.4. The number of rotatable bonds is 4. The quantitative estimate of drug-likeness (QED) is 0.919. The molecule has 1 aliphatic carbocycles. The van der Waals surface area contributed by atoms with Gasteiger partial charge in [-0.05, 0) is 36.6 Å². The molecule has 1 aromatic rings. The fourth-order valence-corrected chi connectivity index (χ4v) is 4.31. The van der Waals surface area contributed by atoms with Gasteiger partial charge in [-0.3, -0.25) is 4.90 Å². The summed E-state index contributed by atoms with van der Waals surface area (Å²) in [4.78, 5) is 7.17. The zero-order valence-corrected chi connectivity index (χ0v) is 15.0. The van der Waals surface area contributed by atoms with Gasteiger partial charge in [-0.15, -0.1) is 0 Å². The standard InChI is InChI=1S/C18H26N4S/c1-12(23-2)9-14-15(10-19)18(20)21-17-7-8-22(11-16(14)17)13-5-3-4-6-13/h12-13H,3-9,11H2,1-2H3,(H2,20,21)/t12-/m1/s1. The van der Waals surface area contributed by atoms with E-state index < -0.39 is 0 Å². The number of pyridine rings is 1. The summed E-state index contributed by atoms with van der Waals surface area (Å²) in [7, 11) is 0. The van der Waals surface area contributed by atoms with Crippen LogP contribution in [0.1, 0.15) is 55.0 Å². The van der Waals surface area contributed by atoms with Crippen LogP contribution in [0.3, 0.4) is 0 Å². The number of nitrogens with zero attached hydrogens (tertiary/aromatic N) is 3. The maximum absolute atomic E-state index is 9.57. The molecule has 3 rings (SSSR count). The van der Waals surface area contributed by atoms with Gasteiger partial charge < -0.3 is 5.73 Å². The van der Waals surface area contributed by atoms with E-state index in [1.165, 1.54) is 31.2 Å². The number of nitrogen functional groups attached to an aromatic ring is 1. The summed E-state index contributed by atoms with van der Waals surface area (Å²) in [6, 6.07) is 3.03. The minimum absolute atomic E-state index is 0.420. The number of aromatic nitrogens is 1. The molecule has 1 aliphatic heterocycles. The predicted octanol–water partition coefficient (Wildman–Crippen LogP) is 3.13. The third kappa shape index (κ3) is 3.34. The molecule has 2 N–H and O–H groups in total. The molecule has 1 atom stereocenters. The number of thioether (sulfide) groups is 1. The van der Waals surface area contributed by atoms with Crippen molar-refractivity contribution in [3.8, 4) is 6.07 Å². The second-order valence-electron chi connectivity index (χ2n) is 6.80. The molecule has 0 aromatic carbocycles. The first kappa shape index (κ1) is 16.6. The van der Waals surface area contributed by atoms with Crippen LogP contribution < -0.4 is 5.73 Å². The molecule has 0 amide bonds. The second-order valence-corrected chi connectivity index (χ2v) is 8.07. The Morgan fingerprint density at radius 1 is 1.43 bits per heavy atom. The minimum atomic E-state index is 0.420. The number of hydrogen-bond donors (Lipinski definition) is 1. The topological polar surface area (TPSA) is 65.9 Å². The number of fused-ring (bicyclic) bond motifs is 1. The molecular formula is C18H26N4S. The monoisotopic (exact) mass is 330 g/mol. The summed E-state index contributed by atoms with van der Waals surface area (Å²) in [5.74, 6) is 0.420. The van der Waals surface area contributed by atoms with E-state index in [9.17, 15) is 5.26 Å². The Bertz CT molecular complexity index is 616. The first-order valence-electron chi connectivity index (χ1n) is 8.61. The lowest BCUT2D eigenvalue weighted by molar-refractivity contribution is 0.179. The van der Waals surface area contributed by atoms with Gasteiger partial charge in [0.25, 0.3) is 0 Å². The van der Waals surface area contributed by atoms with Gasteiger partial charge in [-0.2, -0.15) is 17.0 Å². The third-order valence-electron chi connectivity index (χ3n) is 5.37. The van der Waals surface area contributed by atoms with Crippen molar-refractivity contribution >= 4 is 17.6 Å². The van der Waals surface area contributed by atoms with Crippen molar-refractivity contribution in [1.82, 2.24) is 9.88 Å². The molecular weight excluding hydrogens is 304 g/mol. The van der Waals surface area contributed by atoms with Gasteiger partial charge in [-0.1, -0.05) is 19.8 Å². The molecule has 1 saturated carbocycles. The maximum Gasteiger partial charge on any atom is 0.141 e. The highest BCUT2D eigenvalue weighted by Crippen LogP contribution is 2.33. The SMILES string of the molecule is CS[C@H](C)Cc1c(C#N)c(N)nc2c1CN(C1CCCC1)CC2. The molecule has 0 saturated heterocycles. The summed E-state index contributed by atoms with van der Waals surface area (Å²) in [5, 5.41) is 10.1. The van der Waals surface area contributed by atoms with Crippen molar-refractivity contribution in [3.05, 3.63) is 22.4 Å². The lowest BCUT2D eigenvalue weighted by Gasteiger charge is -2.35. The molecule has 1 fully saturated rings. The average Bonchev–Trinajstić information content (AvgIpc) is 3.09. The van der Waals surface area contributed by atoms with Gasteiger partial charge in [0.1, 0.15) is 11.9 Å². The normalized spacial score (nSPS) is 20.2. The fraction of sp³-hybridized carbons (Fsp3) is 0.667. The Kier molecular flexibility index (Phi) is 5.13. The molecule has 124 valence electrons. The molecule has 5 heteroatoms. The number of anilines is 1. The highest BCUT2D eigenvalue weighted by molar-refractivity contribution is 7.99. The van der Waals surface area contributed by atoms with Gasteiger partial charge >= 0.3 is 0 Å². The van der Waals surface area contributed by atoms with Crippen LogP contribution in [0, 0.1) is 11.3 Å². The molecule has 0 unspecified atom stereocenters. The summed E-state index contributed by atoms with van der Waals surface area (Å²) < 4.78 is 0. The van der Waals surface area contributed by atoms with Gasteiger partial charge in [0.05, 0.1) is 5.56 Å². The Balaban J connectivity index is 1.96. The third-order valence-corrected chi connectivity index (χ3v) is 6.34. The number of nitriles is 1. The highest BCUT2D eigenvalue weighted by atomic mass is 32.2. The molecule has 23 heavy (non-hydrogen) atoms. The summed E-state index contributed by atoms with van der Waals surface area (Å²) in [5.41, 5.74) is 10.2. The van der Waals surface area contributed by atoms with Crippen LogP contribution in [0.15, 0.2) is 0 Å². The molecule has 0 radical (unpaired) electrons. The van der Waals surface area contributed by atoms with Gasteiger partial charge in [-0.25, -0.2) is 4.98 Å². The van der Waals surface area contributed by atoms with Crippen molar-refractivity contribution < 1.29 is 0 Å². The van der Waals surface area contributed by atoms with Crippen LogP contribution in [0.5, 0.6) is 0 Å². The second kappa shape index (κ2) is 7.11.